The molecule has 0 saturated carbocycles. The largest absolute Gasteiger partial charge is 0.383 e. The first-order valence-corrected chi connectivity index (χ1v) is 8.56. The van der Waals surface area contributed by atoms with Crippen LogP contribution in [0, 0.1) is 0 Å². The van der Waals surface area contributed by atoms with E-state index in [2.05, 4.69) is 4.98 Å². The van der Waals surface area contributed by atoms with Gasteiger partial charge in [-0.1, -0.05) is 20.3 Å². The van der Waals surface area contributed by atoms with Crippen molar-refractivity contribution in [1.82, 2.24) is 9.55 Å². The molecule has 0 aliphatic carbocycles. The fraction of sp³-hybridized carbons (Fsp3) is 0.688. The summed E-state index contributed by atoms with van der Waals surface area (Å²) in [5.74, 6) is -0.229. The van der Waals surface area contributed by atoms with Crippen molar-refractivity contribution in [1.29, 1.82) is 0 Å². The van der Waals surface area contributed by atoms with Gasteiger partial charge in [0.1, 0.15) is 11.9 Å². The molecule has 1 aliphatic rings. The van der Waals surface area contributed by atoms with Crippen molar-refractivity contribution < 1.29 is 9.53 Å². The fourth-order valence-electron chi connectivity index (χ4n) is 2.88. The number of nitrogen functional groups attached to an aromatic ring is 1. The predicted molar refractivity (Wildman–Crippen MR) is 92.3 cm³/mol. The second-order valence-corrected chi connectivity index (χ2v) is 5.99. The standard InChI is InChI=1S/C16H26N4O4/c1-3-5-9-19(15(22)11-7-6-10-24-11)12-13(17)20(8-4-2)16(23)18-14(12)21/h11H,3-10,17H2,1-2H3,(H,18,21,23)/t11-/m1/s1. The van der Waals surface area contributed by atoms with E-state index in [-0.39, 0.29) is 17.4 Å². The van der Waals surface area contributed by atoms with Gasteiger partial charge in [0.05, 0.1) is 0 Å². The first-order valence-electron chi connectivity index (χ1n) is 8.56. The second-order valence-electron chi connectivity index (χ2n) is 5.99. The zero-order valence-electron chi connectivity index (χ0n) is 14.3. The predicted octanol–water partition coefficient (Wildman–Crippen LogP) is 0.841. The number of amides is 1. The van der Waals surface area contributed by atoms with Gasteiger partial charge in [0.15, 0.2) is 5.69 Å². The number of anilines is 2. The van der Waals surface area contributed by atoms with Crippen LogP contribution in [0.4, 0.5) is 11.5 Å². The Hall–Kier alpha value is -2.09. The molecular weight excluding hydrogens is 312 g/mol. The Kier molecular flexibility index (Phi) is 6.19. The van der Waals surface area contributed by atoms with Crippen LogP contribution >= 0.6 is 0 Å². The van der Waals surface area contributed by atoms with Gasteiger partial charge in [-0.15, -0.1) is 0 Å². The number of unbranched alkanes of at least 4 members (excludes halogenated alkanes) is 1. The minimum Gasteiger partial charge on any atom is -0.383 e. The fourth-order valence-corrected chi connectivity index (χ4v) is 2.88. The Morgan fingerprint density at radius 1 is 1.38 bits per heavy atom. The lowest BCUT2D eigenvalue weighted by atomic mass is 10.2. The van der Waals surface area contributed by atoms with Gasteiger partial charge in [0.25, 0.3) is 11.5 Å². The summed E-state index contributed by atoms with van der Waals surface area (Å²) in [5.41, 5.74) is 4.96. The van der Waals surface area contributed by atoms with Crippen molar-refractivity contribution in [3.63, 3.8) is 0 Å². The van der Waals surface area contributed by atoms with Crippen molar-refractivity contribution in [2.45, 2.75) is 58.6 Å². The SMILES string of the molecule is CCCCN(C(=O)[C@H]1CCCO1)c1c(N)n(CCC)c(=O)[nH]c1=O. The van der Waals surface area contributed by atoms with Gasteiger partial charge in [0.2, 0.25) is 0 Å². The maximum Gasteiger partial charge on any atom is 0.330 e. The Morgan fingerprint density at radius 2 is 2.12 bits per heavy atom. The summed E-state index contributed by atoms with van der Waals surface area (Å²) in [4.78, 5) is 40.8. The molecule has 1 amide bonds. The lowest BCUT2D eigenvalue weighted by Crippen LogP contribution is -2.45. The number of hydrogen-bond acceptors (Lipinski definition) is 5. The van der Waals surface area contributed by atoms with E-state index in [1.54, 1.807) is 0 Å². The number of nitrogens with one attached hydrogen (secondary N) is 1. The van der Waals surface area contributed by atoms with E-state index >= 15 is 0 Å². The number of aromatic nitrogens is 2. The van der Waals surface area contributed by atoms with E-state index in [0.717, 1.165) is 19.3 Å². The van der Waals surface area contributed by atoms with E-state index in [4.69, 9.17) is 10.5 Å². The molecule has 8 heteroatoms. The highest BCUT2D eigenvalue weighted by Crippen LogP contribution is 2.22. The Labute approximate surface area is 140 Å². The van der Waals surface area contributed by atoms with Gasteiger partial charge in [-0.2, -0.15) is 0 Å². The number of aromatic amines is 1. The highest BCUT2D eigenvalue weighted by Gasteiger charge is 2.32. The summed E-state index contributed by atoms with van der Waals surface area (Å²) in [7, 11) is 0. The van der Waals surface area contributed by atoms with Crippen molar-refractivity contribution >= 4 is 17.4 Å². The molecular formula is C16H26N4O4. The summed E-state index contributed by atoms with van der Waals surface area (Å²) < 4.78 is 6.77. The number of carbonyl (C=O) groups excluding carboxylic acids is 1. The van der Waals surface area contributed by atoms with Crippen LogP contribution in [-0.2, 0) is 16.1 Å². The molecule has 2 heterocycles. The maximum atomic E-state index is 12.8. The van der Waals surface area contributed by atoms with Crippen molar-refractivity contribution in [3.05, 3.63) is 20.8 Å². The molecule has 0 unspecified atom stereocenters. The van der Waals surface area contributed by atoms with Crippen LogP contribution < -0.4 is 21.9 Å². The summed E-state index contributed by atoms with van der Waals surface area (Å²) >= 11 is 0. The average molecular weight is 338 g/mol. The molecule has 1 aliphatic heterocycles. The molecule has 0 bridgehead atoms. The molecule has 2 rings (SSSR count). The molecule has 0 spiro atoms. The Bertz CT molecular complexity index is 688. The van der Waals surface area contributed by atoms with Crippen molar-refractivity contribution in [2.75, 3.05) is 23.8 Å². The van der Waals surface area contributed by atoms with Gasteiger partial charge in [-0.05, 0) is 25.7 Å². The molecule has 1 aromatic heterocycles. The molecule has 24 heavy (non-hydrogen) atoms. The summed E-state index contributed by atoms with van der Waals surface area (Å²) in [6.45, 7) is 5.19. The van der Waals surface area contributed by atoms with E-state index in [0.29, 0.717) is 32.5 Å². The monoisotopic (exact) mass is 338 g/mol. The summed E-state index contributed by atoms with van der Waals surface area (Å²) in [6, 6.07) is 0. The summed E-state index contributed by atoms with van der Waals surface area (Å²) in [6.07, 6.45) is 3.18. The van der Waals surface area contributed by atoms with Crippen molar-refractivity contribution in [2.24, 2.45) is 0 Å². The normalized spacial score (nSPS) is 17.2. The third-order valence-corrected chi connectivity index (χ3v) is 4.14. The zero-order chi connectivity index (χ0) is 17.7. The van der Waals surface area contributed by atoms with Crippen LogP contribution in [0.25, 0.3) is 0 Å². The van der Waals surface area contributed by atoms with Gasteiger partial charge >= 0.3 is 5.69 Å². The minimum absolute atomic E-state index is 0.0352. The number of H-pyrrole nitrogens is 1. The van der Waals surface area contributed by atoms with E-state index in [1.807, 2.05) is 13.8 Å². The number of hydrogen-bond donors (Lipinski definition) is 2. The lowest BCUT2D eigenvalue weighted by Gasteiger charge is -2.26. The van der Waals surface area contributed by atoms with E-state index < -0.39 is 17.4 Å². The highest BCUT2D eigenvalue weighted by atomic mass is 16.5. The average Bonchev–Trinajstić information content (AvgIpc) is 3.08. The minimum atomic E-state index is -0.632. The van der Waals surface area contributed by atoms with Gasteiger partial charge in [-0.25, -0.2) is 4.79 Å². The first kappa shape index (κ1) is 18.3. The van der Waals surface area contributed by atoms with E-state index in [9.17, 15) is 14.4 Å². The molecule has 1 fully saturated rings. The highest BCUT2D eigenvalue weighted by molar-refractivity contribution is 5.98. The molecule has 1 saturated heterocycles. The van der Waals surface area contributed by atoms with Crippen LogP contribution in [0.5, 0.6) is 0 Å². The third kappa shape index (κ3) is 3.69. The van der Waals surface area contributed by atoms with Crippen molar-refractivity contribution in [3.8, 4) is 0 Å². The van der Waals surface area contributed by atoms with Crippen LogP contribution in [0.1, 0.15) is 46.0 Å². The van der Waals surface area contributed by atoms with E-state index in [1.165, 1.54) is 9.47 Å². The number of ether oxygens (including phenoxy) is 1. The molecule has 1 atom stereocenters. The zero-order valence-corrected chi connectivity index (χ0v) is 14.3. The van der Waals surface area contributed by atoms with Crippen LogP contribution in [-0.4, -0.2) is 34.7 Å². The van der Waals surface area contributed by atoms with Gasteiger partial charge in [0, 0.05) is 19.7 Å². The summed E-state index contributed by atoms with van der Waals surface area (Å²) in [5, 5.41) is 0. The topological polar surface area (TPSA) is 110 Å². The van der Waals surface area contributed by atoms with Gasteiger partial charge in [-0.3, -0.25) is 19.1 Å². The number of nitrogens with two attached hydrogens (primary N) is 1. The van der Waals surface area contributed by atoms with Crippen LogP contribution in [0.2, 0.25) is 0 Å². The molecule has 134 valence electrons. The number of carbonyl (C=O) groups is 1. The molecule has 3 N–H and O–H groups in total. The quantitative estimate of drug-likeness (QED) is 0.765. The van der Waals surface area contributed by atoms with Gasteiger partial charge < -0.3 is 15.4 Å². The second kappa shape index (κ2) is 8.14. The lowest BCUT2D eigenvalue weighted by molar-refractivity contribution is -0.127. The Balaban J connectivity index is 2.48. The number of rotatable bonds is 7. The molecule has 0 radical (unpaired) electrons. The molecule has 0 aromatic carbocycles. The third-order valence-electron chi connectivity index (χ3n) is 4.14. The molecule has 8 nitrogen and oxygen atoms in total. The van der Waals surface area contributed by atoms with Crippen LogP contribution in [0.3, 0.4) is 0 Å². The smallest absolute Gasteiger partial charge is 0.330 e. The maximum absolute atomic E-state index is 12.8. The van der Waals surface area contributed by atoms with Crippen LogP contribution in [0.15, 0.2) is 9.59 Å². The first-order chi connectivity index (χ1) is 11.5. The number of nitrogens with zero attached hydrogens (tertiary/aromatic N) is 2. The Morgan fingerprint density at radius 3 is 2.71 bits per heavy atom. The molecule has 1 aromatic rings.